The Morgan fingerprint density at radius 3 is 2.77 bits per heavy atom. The predicted octanol–water partition coefficient (Wildman–Crippen LogP) is 2.15. The van der Waals surface area contributed by atoms with Crippen molar-refractivity contribution in [1.29, 1.82) is 0 Å². The van der Waals surface area contributed by atoms with Crippen molar-refractivity contribution < 1.29 is 19.1 Å². The Morgan fingerprint density at radius 2 is 1.93 bits per heavy atom. The van der Waals surface area contributed by atoms with Crippen LogP contribution in [0.5, 0.6) is 11.5 Å². The van der Waals surface area contributed by atoms with Gasteiger partial charge in [-0.25, -0.2) is 9.78 Å². The summed E-state index contributed by atoms with van der Waals surface area (Å²) in [5.41, 5.74) is -0.257. The van der Waals surface area contributed by atoms with E-state index in [4.69, 9.17) is 9.47 Å². The van der Waals surface area contributed by atoms with Gasteiger partial charge in [-0.1, -0.05) is 6.07 Å². The topological polar surface area (TPSA) is 102 Å². The first-order valence-corrected chi connectivity index (χ1v) is 9.86. The van der Waals surface area contributed by atoms with Gasteiger partial charge >= 0.3 is 6.03 Å². The van der Waals surface area contributed by atoms with Crippen LogP contribution >= 0.6 is 15.9 Å². The minimum atomic E-state index is -1.27. The number of rotatable bonds is 3. The zero-order valence-electron chi connectivity index (χ0n) is 15.7. The second-order valence-corrected chi connectivity index (χ2v) is 8.09. The largest absolute Gasteiger partial charge is 0.454 e. The van der Waals surface area contributed by atoms with Crippen molar-refractivity contribution in [2.75, 3.05) is 6.79 Å². The molecule has 1 fully saturated rings. The van der Waals surface area contributed by atoms with Crippen LogP contribution in [0, 0.1) is 0 Å². The standard InChI is InChI=1S/C20H15BrN4O5/c1-20(11-2-4-14-15(6-11)30-10-29-14)18(27)25(19(28)23-20)9-13-7-17(26)24-8-12(21)3-5-16(24)22-13/h2-8H,9-10H2,1H3,(H,23,28)/t20-/m1/s1. The summed E-state index contributed by atoms with van der Waals surface area (Å²) in [6.07, 6.45) is 1.61. The molecular weight excluding hydrogens is 456 g/mol. The number of hydrogen-bond acceptors (Lipinski definition) is 6. The van der Waals surface area contributed by atoms with E-state index in [9.17, 15) is 14.4 Å². The van der Waals surface area contributed by atoms with E-state index in [1.807, 2.05) is 0 Å². The Labute approximate surface area is 178 Å². The maximum atomic E-state index is 13.2. The molecule has 2 aliphatic rings. The molecule has 1 N–H and O–H groups in total. The lowest BCUT2D eigenvalue weighted by Gasteiger charge is -2.22. The van der Waals surface area contributed by atoms with E-state index in [1.165, 1.54) is 10.5 Å². The van der Waals surface area contributed by atoms with Gasteiger partial charge in [0.05, 0.1) is 12.2 Å². The summed E-state index contributed by atoms with van der Waals surface area (Å²) in [5.74, 6) is 0.664. The molecule has 3 aromatic rings. The Bertz CT molecular complexity index is 1290. The number of fused-ring (bicyclic) bond motifs is 2. The van der Waals surface area contributed by atoms with Crippen molar-refractivity contribution in [1.82, 2.24) is 19.6 Å². The van der Waals surface area contributed by atoms with Gasteiger partial charge in [0.2, 0.25) is 6.79 Å². The van der Waals surface area contributed by atoms with E-state index in [1.54, 1.807) is 43.5 Å². The molecule has 1 saturated heterocycles. The average Bonchev–Trinajstić information content (AvgIpc) is 3.27. The first-order valence-electron chi connectivity index (χ1n) is 9.07. The number of aromatic nitrogens is 2. The van der Waals surface area contributed by atoms with Crippen molar-refractivity contribution in [2.24, 2.45) is 0 Å². The average molecular weight is 471 g/mol. The van der Waals surface area contributed by atoms with Crippen molar-refractivity contribution in [2.45, 2.75) is 19.0 Å². The van der Waals surface area contributed by atoms with Gasteiger partial charge in [-0.05, 0) is 52.7 Å². The number of urea groups is 1. The molecule has 2 aromatic heterocycles. The molecule has 0 spiro atoms. The van der Waals surface area contributed by atoms with Gasteiger partial charge in [-0.15, -0.1) is 0 Å². The molecule has 4 heterocycles. The molecule has 3 amide bonds. The van der Waals surface area contributed by atoms with Crippen LogP contribution in [0.4, 0.5) is 4.79 Å². The number of amides is 3. The summed E-state index contributed by atoms with van der Waals surface area (Å²) in [5, 5.41) is 2.74. The van der Waals surface area contributed by atoms with E-state index in [-0.39, 0.29) is 18.9 Å². The molecule has 5 rings (SSSR count). The maximum Gasteiger partial charge on any atom is 0.325 e. The molecular formula is C20H15BrN4O5. The van der Waals surface area contributed by atoms with E-state index in [2.05, 4.69) is 26.2 Å². The van der Waals surface area contributed by atoms with E-state index >= 15 is 0 Å². The summed E-state index contributed by atoms with van der Waals surface area (Å²) in [4.78, 5) is 43.7. The number of nitrogens with zero attached hydrogens (tertiary/aromatic N) is 3. The van der Waals surface area contributed by atoms with Crippen LogP contribution in [0.25, 0.3) is 5.65 Å². The van der Waals surface area contributed by atoms with E-state index < -0.39 is 17.5 Å². The first-order chi connectivity index (χ1) is 14.3. The Kier molecular flexibility index (Phi) is 4.07. The normalized spacial score (nSPS) is 20.1. The Balaban J connectivity index is 1.47. The van der Waals surface area contributed by atoms with Gasteiger partial charge in [0.25, 0.3) is 11.5 Å². The highest BCUT2D eigenvalue weighted by molar-refractivity contribution is 9.10. The van der Waals surface area contributed by atoms with Crippen molar-refractivity contribution in [3.63, 3.8) is 0 Å². The number of imide groups is 1. The van der Waals surface area contributed by atoms with Gasteiger partial charge in [0.1, 0.15) is 11.2 Å². The third-order valence-corrected chi connectivity index (χ3v) is 5.69. The fourth-order valence-electron chi connectivity index (χ4n) is 3.61. The Morgan fingerprint density at radius 1 is 1.13 bits per heavy atom. The molecule has 0 radical (unpaired) electrons. The summed E-state index contributed by atoms with van der Waals surface area (Å²) in [6, 6.07) is 9.30. The molecule has 10 heteroatoms. The molecule has 1 aromatic carbocycles. The molecule has 2 aliphatic heterocycles. The zero-order chi connectivity index (χ0) is 21.0. The number of ether oxygens (including phenoxy) is 2. The van der Waals surface area contributed by atoms with Crippen LogP contribution in [-0.2, 0) is 16.9 Å². The monoisotopic (exact) mass is 470 g/mol. The SMILES string of the molecule is C[C@]1(c2ccc3c(c2)OCO3)NC(=O)N(Cc2cc(=O)n3cc(Br)ccc3n2)C1=O. The molecule has 0 unspecified atom stereocenters. The van der Waals surface area contributed by atoms with Gasteiger partial charge < -0.3 is 14.8 Å². The van der Waals surface area contributed by atoms with Crippen LogP contribution in [0.15, 0.2) is 51.9 Å². The second kappa shape index (κ2) is 6.56. The first kappa shape index (κ1) is 18.6. The highest BCUT2D eigenvalue weighted by atomic mass is 79.9. The highest BCUT2D eigenvalue weighted by Crippen LogP contribution is 2.38. The predicted molar refractivity (Wildman–Crippen MR) is 108 cm³/mol. The minimum absolute atomic E-state index is 0.113. The van der Waals surface area contributed by atoms with Crippen LogP contribution in [0.2, 0.25) is 0 Å². The lowest BCUT2D eigenvalue weighted by atomic mass is 9.91. The fourth-order valence-corrected chi connectivity index (χ4v) is 3.95. The lowest BCUT2D eigenvalue weighted by Crippen LogP contribution is -2.40. The molecule has 9 nitrogen and oxygen atoms in total. The number of carbonyl (C=O) groups excluding carboxylic acids is 2. The number of halogens is 1. The highest BCUT2D eigenvalue weighted by Gasteiger charge is 2.49. The third kappa shape index (κ3) is 2.83. The van der Waals surface area contributed by atoms with Crippen molar-refractivity contribution in [3.8, 4) is 11.5 Å². The van der Waals surface area contributed by atoms with Gasteiger partial charge in [0.15, 0.2) is 11.5 Å². The quantitative estimate of drug-likeness (QED) is 0.588. The van der Waals surface area contributed by atoms with Crippen molar-refractivity contribution >= 4 is 33.5 Å². The molecule has 0 bridgehead atoms. The molecule has 0 saturated carbocycles. The second-order valence-electron chi connectivity index (χ2n) is 7.18. The number of pyridine rings is 1. The third-order valence-electron chi connectivity index (χ3n) is 5.22. The molecule has 152 valence electrons. The van der Waals surface area contributed by atoms with Crippen LogP contribution in [0.1, 0.15) is 18.2 Å². The molecule has 1 atom stereocenters. The lowest BCUT2D eigenvalue weighted by molar-refractivity contribution is -0.131. The molecule has 0 aliphatic carbocycles. The number of nitrogens with one attached hydrogen (secondary N) is 1. The number of hydrogen-bond donors (Lipinski definition) is 1. The van der Waals surface area contributed by atoms with Crippen LogP contribution < -0.4 is 20.3 Å². The van der Waals surface area contributed by atoms with Gasteiger partial charge in [0, 0.05) is 16.7 Å². The van der Waals surface area contributed by atoms with Crippen LogP contribution in [0.3, 0.4) is 0 Å². The van der Waals surface area contributed by atoms with Gasteiger partial charge in [-0.3, -0.25) is 18.9 Å². The van der Waals surface area contributed by atoms with Crippen LogP contribution in [-0.4, -0.2) is 33.0 Å². The van der Waals surface area contributed by atoms with Gasteiger partial charge in [-0.2, -0.15) is 0 Å². The smallest absolute Gasteiger partial charge is 0.325 e. The van der Waals surface area contributed by atoms with E-state index in [0.29, 0.717) is 28.4 Å². The van der Waals surface area contributed by atoms with Crippen molar-refractivity contribution in [3.05, 3.63) is 68.7 Å². The van der Waals surface area contributed by atoms with E-state index in [0.717, 1.165) is 9.37 Å². The summed E-state index contributed by atoms with van der Waals surface area (Å²) < 4.78 is 12.8. The molecule has 30 heavy (non-hydrogen) atoms. The Hall–Kier alpha value is -3.40. The number of carbonyl (C=O) groups is 2. The summed E-state index contributed by atoms with van der Waals surface area (Å²) in [6.45, 7) is 1.62. The fraction of sp³-hybridized carbons (Fsp3) is 0.200. The minimum Gasteiger partial charge on any atom is -0.454 e. The summed E-state index contributed by atoms with van der Waals surface area (Å²) >= 11 is 3.31. The number of benzene rings is 1. The maximum absolute atomic E-state index is 13.2. The zero-order valence-corrected chi connectivity index (χ0v) is 17.3. The summed E-state index contributed by atoms with van der Waals surface area (Å²) in [7, 11) is 0.